The Morgan fingerprint density at radius 2 is 1.94 bits per heavy atom. The number of hydrogen-bond acceptors (Lipinski definition) is 6. The lowest BCUT2D eigenvalue weighted by Gasteiger charge is -2.08. The second-order valence-corrected chi connectivity index (χ2v) is 7.79. The van der Waals surface area contributed by atoms with Crippen molar-refractivity contribution < 1.29 is 23.2 Å². The molecule has 2 N–H and O–H groups in total. The first-order valence-electron chi connectivity index (χ1n) is 10.9. The smallest absolute Gasteiger partial charge is 0.291 e. The van der Waals surface area contributed by atoms with Gasteiger partial charge in [0, 0.05) is 12.7 Å². The summed E-state index contributed by atoms with van der Waals surface area (Å²) in [4.78, 5) is 25.5. The van der Waals surface area contributed by atoms with E-state index in [9.17, 15) is 9.59 Å². The minimum atomic E-state index is -0.492. The van der Waals surface area contributed by atoms with Crippen LogP contribution in [0.5, 0.6) is 5.75 Å². The summed E-state index contributed by atoms with van der Waals surface area (Å²) in [6.45, 7) is 6.78. The molecule has 2 amide bonds. The Kier molecular flexibility index (Phi) is 6.82. The molecule has 0 saturated carbocycles. The van der Waals surface area contributed by atoms with Gasteiger partial charge in [-0.15, -0.1) is 0 Å². The number of furan rings is 2. The quantitative estimate of drug-likeness (QED) is 0.380. The predicted molar refractivity (Wildman–Crippen MR) is 125 cm³/mol. The van der Waals surface area contributed by atoms with Crippen molar-refractivity contribution in [3.05, 3.63) is 89.0 Å². The monoisotopic (exact) mass is 462 g/mol. The van der Waals surface area contributed by atoms with Crippen LogP contribution in [0.4, 0.5) is 5.69 Å². The molecule has 9 heteroatoms. The maximum absolute atomic E-state index is 12.8. The van der Waals surface area contributed by atoms with E-state index in [0.717, 1.165) is 16.9 Å². The summed E-state index contributed by atoms with van der Waals surface area (Å²) >= 11 is 0. The molecule has 3 heterocycles. The van der Waals surface area contributed by atoms with Crippen LogP contribution in [0.1, 0.15) is 50.6 Å². The van der Waals surface area contributed by atoms with E-state index in [2.05, 4.69) is 15.7 Å². The molecule has 34 heavy (non-hydrogen) atoms. The maximum Gasteiger partial charge on any atom is 0.291 e. The van der Waals surface area contributed by atoms with Gasteiger partial charge in [0.2, 0.25) is 0 Å². The zero-order valence-corrected chi connectivity index (χ0v) is 19.3. The van der Waals surface area contributed by atoms with Crippen molar-refractivity contribution in [1.29, 1.82) is 0 Å². The number of carbonyl (C=O) groups excluding carboxylic acids is 2. The molecule has 0 atom stereocenters. The van der Waals surface area contributed by atoms with E-state index in [1.807, 2.05) is 39.0 Å². The van der Waals surface area contributed by atoms with E-state index >= 15 is 0 Å². The average molecular weight is 463 g/mol. The summed E-state index contributed by atoms with van der Waals surface area (Å²) < 4.78 is 18.3. The highest BCUT2D eigenvalue weighted by Gasteiger charge is 2.21. The Balaban J connectivity index is 1.41. The average Bonchev–Trinajstić information content (AvgIpc) is 3.59. The minimum Gasteiger partial charge on any atom is -0.485 e. The van der Waals surface area contributed by atoms with Crippen molar-refractivity contribution in [2.24, 2.45) is 0 Å². The van der Waals surface area contributed by atoms with Gasteiger partial charge >= 0.3 is 0 Å². The Morgan fingerprint density at radius 3 is 2.71 bits per heavy atom. The second-order valence-electron chi connectivity index (χ2n) is 7.79. The van der Waals surface area contributed by atoms with Crippen LogP contribution < -0.4 is 15.4 Å². The fourth-order valence-corrected chi connectivity index (χ4v) is 3.28. The van der Waals surface area contributed by atoms with Gasteiger partial charge in [0.15, 0.2) is 11.5 Å². The fraction of sp³-hybridized carbons (Fsp3) is 0.240. The molecule has 4 rings (SSSR count). The lowest BCUT2D eigenvalue weighted by Crippen LogP contribution is -2.25. The molecule has 0 bridgehead atoms. The van der Waals surface area contributed by atoms with Gasteiger partial charge in [0.25, 0.3) is 11.8 Å². The first-order chi connectivity index (χ1) is 16.4. The molecular formula is C25H26N4O5. The lowest BCUT2D eigenvalue weighted by atomic mass is 10.1. The first-order valence-corrected chi connectivity index (χ1v) is 10.9. The largest absolute Gasteiger partial charge is 0.485 e. The summed E-state index contributed by atoms with van der Waals surface area (Å²) in [5.74, 6) is 1.06. The van der Waals surface area contributed by atoms with Crippen molar-refractivity contribution >= 4 is 17.5 Å². The van der Waals surface area contributed by atoms with Crippen LogP contribution in [-0.2, 0) is 19.7 Å². The highest BCUT2D eigenvalue weighted by Crippen LogP contribution is 2.22. The molecule has 1 aromatic carbocycles. The number of aromatic nitrogens is 2. The summed E-state index contributed by atoms with van der Waals surface area (Å²) in [5, 5.41) is 9.72. The maximum atomic E-state index is 12.8. The zero-order valence-electron chi connectivity index (χ0n) is 19.3. The Labute approximate surface area is 196 Å². The number of rotatable bonds is 9. The van der Waals surface area contributed by atoms with Crippen LogP contribution in [0, 0.1) is 13.8 Å². The Hall–Kier alpha value is -4.27. The molecule has 176 valence electrons. The van der Waals surface area contributed by atoms with E-state index < -0.39 is 11.8 Å². The number of nitrogens with one attached hydrogen (secondary N) is 2. The summed E-state index contributed by atoms with van der Waals surface area (Å²) in [5.41, 5.74) is 2.50. The molecule has 0 aliphatic rings. The Morgan fingerprint density at radius 1 is 1.09 bits per heavy atom. The van der Waals surface area contributed by atoms with Crippen LogP contribution in [0.2, 0.25) is 0 Å². The van der Waals surface area contributed by atoms with Gasteiger partial charge in [-0.25, -0.2) is 0 Å². The normalized spacial score (nSPS) is 10.8. The highest BCUT2D eigenvalue weighted by molar-refractivity contribution is 6.07. The van der Waals surface area contributed by atoms with Crippen molar-refractivity contribution in [1.82, 2.24) is 15.1 Å². The summed E-state index contributed by atoms with van der Waals surface area (Å²) in [6.07, 6.45) is 3.14. The number of hydrogen-bond donors (Lipinski definition) is 2. The number of nitrogens with zero attached hydrogens (tertiary/aromatic N) is 2. The molecule has 0 aliphatic carbocycles. The van der Waals surface area contributed by atoms with Gasteiger partial charge < -0.3 is 24.2 Å². The van der Waals surface area contributed by atoms with E-state index in [0.29, 0.717) is 18.1 Å². The molecule has 0 radical (unpaired) electrons. The van der Waals surface area contributed by atoms with E-state index in [1.165, 1.54) is 6.26 Å². The zero-order chi connectivity index (χ0) is 24.1. The van der Waals surface area contributed by atoms with Crippen LogP contribution >= 0.6 is 0 Å². The van der Waals surface area contributed by atoms with Gasteiger partial charge in [0.1, 0.15) is 23.9 Å². The lowest BCUT2D eigenvalue weighted by molar-refractivity contribution is 0.0943. The summed E-state index contributed by atoms with van der Waals surface area (Å²) in [6, 6.07) is 12.7. The van der Waals surface area contributed by atoms with E-state index in [4.69, 9.17) is 13.6 Å². The molecule has 0 fully saturated rings. The fourth-order valence-electron chi connectivity index (χ4n) is 3.28. The SMILES string of the molecule is CCn1cc(NC(=O)c2ccc(COc3cc(C)ccc3C)o2)c(C(=O)NCc2ccco2)n1. The number of aryl methyl sites for hydroxylation is 3. The minimum absolute atomic E-state index is 0.103. The highest BCUT2D eigenvalue weighted by atomic mass is 16.5. The number of benzene rings is 1. The van der Waals surface area contributed by atoms with Crippen molar-refractivity contribution in [2.75, 3.05) is 5.32 Å². The van der Waals surface area contributed by atoms with Gasteiger partial charge in [-0.2, -0.15) is 5.10 Å². The van der Waals surface area contributed by atoms with Gasteiger partial charge in [-0.05, 0) is 62.2 Å². The third-order valence-corrected chi connectivity index (χ3v) is 5.15. The van der Waals surface area contributed by atoms with Gasteiger partial charge in [-0.3, -0.25) is 14.3 Å². The predicted octanol–water partition coefficient (Wildman–Crippen LogP) is 4.47. The van der Waals surface area contributed by atoms with E-state index in [-0.39, 0.29) is 30.3 Å². The first kappa shape index (κ1) is 22.9. The number of anilines is 1. The molecule has 0 saturated heterocycles. The van der Waals surface area contributed by atoms with Crippen LogP contribution in [0.15, 0.2) is 63.8 Å². The Bertz CT molecular complexity index is 1290. The molecule has 4 aromatic rings. The van der Waals surface area contributed by atoms with E-state index in [1.54, 1.807) is 35.1 Å². The molecule has 0 spiro atoms. The van der Waals surface area contributed by atoms with Crippen LogP contribution in [-0.4, -0.2) is 21.6 Å². The van der Waals surface area contributed by atoms with Gasteiger partial charge in [-0.1, -0.05) is 12.1 Å². The molecule has 0 unspecified atom stereocenters. The van der Waals surface area contributed by atoms with Crippen molar-refractivity contribution in [3.63, 3.8) is 0 Å². The summed E-state index contributed by atoms with van der Waals surface area (Å²) in [7, 11) is 0. The van der Waals surface area contributed by atoms with Crippen molar-refractivity contribution in [2.45, 2.75) is 40.5 Å². The molecule has 0 aliphatic heterocycles. The standard InChI is InChI=1S/C25H26N4O5/c1-4-29-14-20(23(28-29)25(31)26-13-18-6-5-11-32-18)27-24(30)21-10-9-19(34-21)15-33-22-12-16(2)7-8-17(22)3/h5-12,14H,4,13,15H2,1-3H3,(H,26,31)(H,27,30). The van der Waals surface area contributed by atoms with Crippen LogP contribution in [0.3, 0.4) is 0 Å². The second kappa shape index (κ2) is 10.1. The third kappa shape index (κ3) is 5.37. The molecule has 9 nitrogen and oxygen atoms in total. The number of ether oxygens (including phenoxy) is 1. The van der Waals surface area contributed by atoms with Gasteiger partial charge in [0.05, 0.1) is 18.5 Å². The molecular weight excluding hydrogens is 436 g/mol. The number of amides is 2. The molecule has 3 aromatic heterocycles. The van der Waals surface area contributed by atoms with Crippen molar-refractivity contribution in [3.8, 4) is 5.75 Å². The van der Waals surface area contributed by atoms with Crippen LogP contribution in [0.25, 0.3) is 0 Å². The third-order valence-electron chi connectivity index (χ3n) is 5.15. The number of carbonyl (C=O) groups is 2. The topological polar surface area (TPSA) is 112 Å².